The number of carbonyl (C=O) groups is 1. The fraction of sp³-hybridized carbons (Fsp3) is 0.304. The predicted octanol–water partition coefficient (Wildman–Crippen LogP) is 3.81. The Bertz CT molecular complexity index is 1300. The minimum atomic E-state index is -4.66. The summed E-state index contributed by atoms with van der Waals surface area (Å²) in [5.41, 5.74) is 1.12. The summed E-state index contributed by atoms with van der Waals surface area (Å²) in [6, 6.07) is 6.98. The van der Waals surface area contributed by atoms with Crippen LogP contribution in [0.1, 0.15) is 34.1 Å². The van der Waals surface area contributed by atoms with Crippen molar-refractivity contribution in [1.29, 1.82) is 5.26 Å². The second-order valence-corrected chi connectivity index (χ2v) is 7.79. The Morgan fingerprint density at radius 2 is 2.03 bits per heavy atom. The first kappa shape index (κ1) is 24.0. The molecule has 3 aromatic rings. The monoisotopic (exact) mass is 489 g/mol. The molecule has 0 N–H and O–H groups in total. The summed E-state index contributed by atoms with van der Waals surface area (Å²) >= 11 is 0. The van der Waals surface area contributed by atoms with Crippen molar-refractivity contribution in [3.63, 3.8) is 0 Å². The van der Waals surface area contributed by atoms with Crippen LogP contribution < -0.4 is 9.47 Å². The van der Waals surface area contributed by atoms with E-state index in [1.807, 2.05) is 6.07 Å². The third-order valence-electron chi connectivity index (χ3n) is 5.51. The molecule has 1 aromatic carbocycles. The lowest BCUT2D eigenvalue weighted by Gasteiger charge is -2.28. The molecular weight excluding hydrogens is 470 g/mol. The van der Waals surface area contributed by atoms with E-state index in [0.717, 1.165) is 19.2 Å². The lowest BCUT2D eigenvalue weighted by Crippen LogP contribution is -2.37. The molecule has 0 fully saturated rings. The summed E-state index contributed by atoms with van der Waals surface area (Å²) in [5.74, 6) is -1.26. The summed E-state index contributed by atoms with van der Waals surface area (Å²) in [6.07, 6.45) is -3.78. The average Bonchev–Trinajstić information content (AvgIpc) is 3.26. The molecule has 1 unspecified atom stereocenters. The summed E-state index contributed by atoms with van der Waals surface area (Å²) < 4.78 is 64.4. The number of benzene rings is 1. The van der Waals surface area contributed by atoms with Crippen LogP contribution in [-0.2, 0) is 13.0 Å². The Balaban J connectivity index is 1.67. The van der Waals surface area contributed by atoms with Gasteiger partial charge in [0.2, 0.25) is 0 Å². The SMILES string of the molecule is COc1c(C#N)ccc(OC(C)C(F)(F)F)c1C(=O)N1CCc2nn(-c3ccc(F)cn3)cc2C1. The van der Waals surface area contributed by atoms with Crippen LogP contribution in [0.2, 0.25) is 0 Å². The van der Waals surface area contributed by atoms with E-state index in [-0.39, 0.29) is 35.7 Å². The second kappa shape index (κ2) is 9.25. The number of fused-ring (bicyclic) bond motifs is 1. The minimum absolute atomic E-state index is 0.0178. The van der Waals surface area contributed by atoms with Crippen LogP contribution in [0.4, 0.5) is 17.6 Å². The summed E-state index contributed by atoms with van der Waals surface area (Å²) in [4.78, 5) is 18.9. The zero-order valence-electron chi connectivity index (χ0n) is 18.6. The molecule has 1 amide bonds. The lowest BCUT2D eigenvalue weighted by atomic mass is 10.0. The van der Waals surface area contributed by atoms with Gasteiger partial charge < -0.3 is 14.4 Å². The van der Waals surface area contributed by atoms with Crippen molar-refractivity contribution in [2.75, 3.05) is 13.7 Å². The fourth-order valence-corrected chi connectivity index (χ4v) is 3.69. The molecule has 35 heavy (non-hydrogen) atoms. The van der Waals surface area contributed by atoms with Crippen LogP contribution in [0.15, 0.2) is 36.7 Å². The molecule has 0 bridgehead atoms. The largest absolute Gasteiger partial charge is 0.494 e. The fourth-order valence-electron chi connectivity index (χ4n) is 3.69. The number of pyridine rings is 1. The molecule has 0 aliphatic carbocycles. The van der Waals surface area contributed by atoms with E-state index in [1.54, 1.807) is 6.20 Å². The normalized spacial score (nSPS) is 14.1. The highest BCUT2D eigenvalue weighted by molar-refractivity contribution is 6.00. The second-order valence-electron chi connectivity index (χ2n) is 7.79. The maximum absolute atomic E-state index is 13.5. The van der Waals surface area contributed by atoms with Gasteiger partial charge in [-0.2, -0.15) is 23.5 Å². The third-order valence-corrected chi connectivity index (χ3v) is 5.51. The zero-order chi connectivity index (χ0) is 25.3. The number of methoxy groups -OCH3 is 1. The maximum atomic E-state index is 13.5. The molecule has 0 spiro atoms. The molecule has 4 rings (SSSR count). The molecule has 0 radical (unpaired) electrons. The number of nitrogens with zero attached hydrogens (tertiary/aromatic N) is 5. The van der Waals surface area contributed by atoms with Crippen LogP contribution in [-0.4, -0.2) is 51.5 Å². The number of halogens is 4. The quantitative estimate of drug-likeness (QED) is 0.506. The first-order valence-corrected chi connectivity index (χ1v) is 10.5. The number of ether oxygens (including phenoxy) is 2. The highest BCUT2D eigenvalue weighted by atomic mass is 19.4. The van der Waals surface area contributed by atoms with Gasteiger partial charge in [0.05, 0.1) is 24.6 Å². The molecule has 8 nitrogen and oxygen atoms in total. The van der Waals surface area contributed by atoms with Crippen molar-refractivity contribution in [1.82, 2.24) is 19.7 Å². The molecule has 12 heteroatoms. The molecule has 1 aliphatic rings. The Morgan fingerprint density at radius 3 is 2.66 bits per heavy atom. The van der Waals surface area contributed by atoms with Crippen molar-refractivity contribution < 1.29 is 31.8 Å². The van der Waals surface area contributed by atoms with Crippen molar-refractivity contribution in [2.45, 2.75) is 32.2 Å². The van der Waals surface area contributed by atoms with E-state index in [1.165, 1.54) is 34.9 Å². The van der Waals surface area contributed by atoms with Crippen LogP contribution in [0.25, 0.3) is 5.82 Å². The molecule has 1 atom stereocenters. The van der Waals surface area contributed by atoms with Gasteiger partial charge in [-0.3, -0.25) is 4.79 Å². The average molecular weight is 489 g/mol. The van der Waals surface area contributed by atoms with Crippen molar-refractivity contribution >= 4 is 5.91 Å². The van der Waals surface area contributed by atoms with E-state index in [2.05, 4.69) is 10.1 Å². The Hall–Kier alpha value is -4.14. The minimum Gasteiger partial charge on any atom is -0.494 e. The van der Waals surface area contributed by atoms with Gasteiger partial charge in [-0.1, -0.05) is 0 Å². The molecule has 0 saturated heterocycles. The van der Waals surface area contributed by atoms with Crippen LogP contribution in [0, 0.1) is 17.1 Å². The number of carbonyl (C=O) groups excluding carboxylic acids is 1. The summed E-state index contributed by atoms with van der Waals surface area (Å²) in [6.45, 7) is 1.14. The maximum Gasteiger partial charge on any atom is 0.425 e. The van der Waals surface area contributed by atoms with E-state index < -0.39 is 24.0 Å². The van der Waals surface area contributed by atoms with Gasteiger partial charge in [0.25, 0.3) is 5.91 Å². The summed E-state index contributed by atoms with van der Waals surface area (Å²) in [5, 5.41) is 13.8. The van der Waals surface area contributed by atoms with Crippen molar-refractivity contribution in [3.8, 4) is 23.4 Å². The number of aromatic nitrogens is 3. The number of nitriles is 1. The van der Waals surface area contributed by atoms with Crippen LogP contribution >= 0.6 is 0 Å². The van der Waals surface area contributed by atoms with Crippen LogP contribution in [0.3, 0.4) is 0 Å². The van der Waals surface area contributed by atoms with Gasteiger partial charge in [0.1, 0.15) is 23.2 Å². The molecular formula is C23H19F4N5O3. The zero-order valence-corrected chi connectivity index (χ0v) is 18.6. The topological polar surface area (TPSA) is 93.3 Å². The van der Waals surface area contributed by atoms with Crippen molar-refractivity contribution in [3.05, 3.63) is 64.9 Å². The Kier molecular flexibility index (Phi) is 6.34. The van der Waals surface area contributed by atoms with Crippen LogP contribution in [0.5, 0.6) is 11.5 Å². The van der Waals surface area contributed by atoms with E-state index in [9.17, 15) is 27.6 Å². The van der Waals surface area contributed by atoms with Crippen molar-refractivity contribution in [2.24, 2.45) is 0 Å². The number of hydrogen-bond acceptors (Lipinski definition) is 6. The van der Waals surface area contributed by atoms with Gasteiger partial charge in [-0.15, -0.1) is 0 Å². The van der Waals surface area contributed by atoms with E-state index in [4.69, 9.17) is 9.47 Å². The molecule has 182 valence electrons. The first-order valence-electron chi connectivity index (χ1n) is 10.5. The van der Waals surface area contributed by atoms with Gasteiger partial charge in [-0.25, -0.2) is 14.1 Å². The number of alkyl halides is 3. The van der Waals surface area contributed by atoms with E-state index >= 15 is 0 Å². The number of amides is 1. The molecule has 1 aliphatic heterocycles. The Labute approximate surface area is 197 Å². The van der Waals surface area contributed by atoms with Gasteiger partial charge >= 0.3 is 6.18 Å². The molecule has 2 aromatic heterocycles. The standard InChI is InChI=1S/C23H19F4N5O3/c1-13(23(25,26)27)35-18-5-3-14(9-28)21(34-2)20(18)22(33)31-8-7-17-15(11-31)12-32(30-17)19-6-4-16(24)10-29-19/h3-6,10,12-13H,7-8,11H2,1-2H3. The molecule has 0 saturated carbocycles. The predicted molar refractivity (Wildman–Crippen MR) is 114 cm³/mol. The Morgan fingerprint density at radius 1 is 1.26 bits per heavy atom. The van der Waals surface area contributed by atoms with Gasteiger partial charge in [0, 0.05) is 31.3 Å². The number of rotatable bonds is 5. The van der Waals surface area contributed by atoms with E-state index in [0.29, 0.717) is 23.5 Å². The third kappa shape index (κ3) is 4.75. The smallest absolute Gasteiger partial charge is 0.425 e. The van der Waals surface area contributed by atoms with Gasteiger partial charge in [0.15, 0.2) is 17.7 Å². The van der Waals surface area contributed by atoms with Gasteiger partial charge in [-0.05, 0) is 31.2 Å². The highest BCUT2D eigenvalue weighted by Crippen LogP contribution is 2.36. The summed E-state index contributed by atoms with van der Waals surface area (Å²) in [7, 11) is 1.22. The lowest BCUT2D eigenvalue weighted by molar-refractivity contribution is -0.189. The molecule has 3 heterocycles. The first-order chi connectivity index (χ1) is 16.6. The highest BCUT2D eigenvalue weighted by Gasteiger charge is 2.39. The number of hydrogen-bond donors (Lipinski definition) is 0.